The van der Waals surface area contributed by atoms with Crippen LogP contribution in [0.5, 0.6) is 0 Å². The zero-order valence-electron chi connectivity index (χ0n) is 13.9. The van der Waals surface area contributed by atoms with Gasteiger partial charge in [0.1, 0.15) is 0 Å². The molecule has 0 saturated heterocycles. The predicted octanol–water partition coefficient (Wildman–Crippen LogP) is 6.27. The third-order valence-corrected chi connectivity index (χ3v) is 4.48. The Hall–Kier alpha value is -3.32. The average molecular weight is 321 g/mol. The molecule has 1 heteroatoms. The molecule has 0 aliphatic carbocycles. The lowest BCUT2D eigenvalue weighted by Crippen LogP contribution is -1.91. The van der Waals surface area contributed by atoms with Gasteiger partial charge >= 0.3 is 0 Å². The standard InChI is InChI=1S/C24H19N/c25-24-13-7-6-12-23(24)22-11-5-4-10-21(22)20-16-14-19(15-17-20)18-8-2-1-3-9-18/h1-17H,25H2. The molecular formula is C24H19N. The Bertz CT molecular complexity index is 986. The van der Waals surface area contributed by atoms with Gasteiger partial charge in [0.2, 0.25) is 0 Å². The van der Waals surface area contributed by atoms with Gasteiger partial charge in [-0.05, 0) is 33.9 Å². The maximum Gasteiger partial charge on any atom is 0.0393 e. The summed E-state index contributed by atoms with van der Waals surface area (Å²) < 4.78 is 0. The molecule has 120 valence electrons. The first-order chi connectivity index (χ1) is 12.3. The normalized spacial score (nSPS) is 10.6. The second kappa shape index (κ2) is 6.66. The number of benzene rings is 4. The van der Waals surface area contributed by atoms with E-state index in [2.05, 4.69) is 78.9 Å². The van der Waals surface area contributed by atoms with Crippen LogP contribution in [0.15, 0.2) is 103 Å². The first-order valence-corrected chi connectivity index (χ1v) is 8.43. The van der Waals surface area contributed by atoms with Crippen LogP contribution in [0.4, 0.5) is 5.69 Å². The van der Waals surface area contributed by atoms with Crippen molar-refractivity contribution in [2.24, 2.45) is 0 Å². The number of hydrogen-bond acceptors (Lipinski definition) is 1. The molecule has 25 heavy (non-hydrogen) atoms. The molecule has 0 fully saturated rings. The molecule has 0 unspecified atom stereocenters. The molecule has 0 heterocycles. The molecule has 0 aliphatic heterocycles. The first-order valence-electron chi connectivity index (χ1n) is 8.43. The van der Waals surface area contributed by atoms with Crippen molar-refractivity contribution in [1.82, 2.24) is 0 Å². The highest BCUT2D eigenvalue weighted by atomic mass is 14.6. The molecule has 4 aromatic carbocycles. The maximum absolute atomic E-state index is 6.20. The summed E-state index contributed by atoms with van der Waals surface area (Å²) in [5, 5.41) is 0. The second-order valence-electron chi connectivity index (χ2n) is 6.08. The van der Waals surface area contributed by atoms with Crippen LogP contribution < -0.4 is 5.73 Å². The minimum Gasteiger partial charge on any atom is -0.398 e. The van der Waals surface area contributed by atoms with Gasteiger partial charge in [0.15, 0.2) is 0 Å². The minimum atomic E-state index is 0.802. The molecule has 0 amide bonds. The van der Waals surface area contributed by atoms with E-state index in [1.807, 2.05) is 24.3 Å². The summed E-state index contributed by atoms with van der Waals surface area (Å²) in [5.41, 5.74) is 14.1. The van der Waals surface area contributed by atoms with Crippen LogP contribution in [0, 0.1) is 0 Å². The van der Waals surface area contributed by atoms with E-state index in [1.54, 1.807) is 0 Å². The number of para-hydroxylation sites is 1. The molecular weight excluding hydrogens is 302 g/mol. The van der Waals surface area contributed by atoms with Gasteiger partial charge < -0.3 is 5.73 Å². The van der Waals surface area contributed by atoms with Gasteiger partial charge in [0.25, 0.3) is 0 Å². The topological polar surface area (TPSA) is 26.0 Å². The van der Waals surface area contributed by atoms with Crippen LogP contribution in [-0.4, -0.2) is 0 Å². The Morgan fingerprint density at radius 1 is 0.360 bits per heavy atom. The van der Waals surface area contributed by atoms with Crippen molar-refractivity contribution in [3.8, 4) is 33.4 Å². The van der Waals surface area contributed by atoms with Crippen LogP contribution >= 0.6 is 0 Å². The van der Waals surface area contributed by atoms with E-state index >= 15 is 0 Å². The van der Waals surface area contributed by atoms with Crippen molar-refractivity contribution in [3.63, 3.8) is 0 Å². The first kappa shape index (κ1) is 15.2. The van der Waals surface area contributed by atoms with E-state index < -0.39 is 0 Å². The smallest absolute Gasteiger partial charge is 0.0393 e. The van der Waals surface area contributed by atoms with Gasteiger partial charge in [0, 0.05) is 11.3 Å². The van der Waals surface area contributed by atoms with E-state index in [0.717, 1.165) is 16.8 Å². The molecule has 4 rings (SSSR count). The number of rotatable bonds is 3. The van der Waals surface area contributed by atoms with Crippen LogP contribution in [0.3, 0.4) is 0 Å². The predicted molar refractivity (Wildman–Crippen MR) is 107 cm³/mol. The number of hydrogen-bond donors (Lipinski definition) is 1. The van der Waals surface area contributed by atoms with Gasteiger partial charge in [-0.15, -0.1) is 0 Å². The van der Waals surface area contributed by atoms with Crippen LogP contribution in [0.25, 0.3) is 33.4 Å². The molecule has 2 N–H and O–H groups in total. The summed E-state index contributed by atoms with van der Waals surface area (Å²) in [4.78, 5) is 0. The van der Waals surface area contributed by atoms with E-state index in [4.69, 9.17) is 5.73 Å². The van der Waals surface area contributed by atoms with Crippen molar-refractivity contribution < 1.29 is 0 Å². The Kier molecular flexibility index (Phi) is 4.05. The average Bonchev–Trinajstić information content (AvgIpc) is 2.69. The summed E-state index contributed by atoms with van der Waals surface area (Å²) in [6.45, 7) is 0. The van der Waals surface area contributed by atoms with Gasteiger partial charge in [-0.1, -0.05) is 97.1 Å². The molecule has 0 aliphatic rings. The van der Waals surface area contributed by atoms with E-state index in [9.17, 15) is 0 Å². The Labute approximate surface area is 148 Å². The lowest BCUT2D eigenvalue weighted by atomic mass is 9.93. The van der Waals surface area contributed by atoms with Gasteiger partial charge in [-0.25, -0.2) is 0 Å². The SMILES string of the molecule is Nc1ccccc1-c1ccccc1-c1ccc(-c2ccccc2)cc1. The fraction of sp³-hybridized carbons (Fsp3) is 0. The van der Waals surface area contributed by atoms with Crippen LogP contribution in [-0.2, 0) is 0 Å². The molecule has 0 atom stereocenters. The number of nitrogens with two attached hydrogens (primary N) is 1. The van der Waals surface area contributed by atoms with Crippen LogP contribution in [0.2, 0.25) is 0 Å². The zero-order chi connectivity index (χ0) is 17.1. The fourth-order valence-electron chi connectivity index (χ4n) is 3.18. The Morgan fingerprint density at radius 2 is 0.840 bits per heavy atom. The number of anilines is 1. The van der Waals surface area contributed by atoms with Crippen LogP contribution in [0.1, 0.15) is 0 Å². The van der Waals surface area contributed by atoms with Crippen molar-refractivity contribution in [3.05, 3.63) is 103 Å². The monoisotopic (exact) mass is 321 g/mol. The quantitative estimate of drug-likeness (QED) is 0.442. The summed E-state index contributed by atoms with van der Waals surface area (Å²) in [6, 6.07) is 35.6. The van der Waals surface area contributed by atoms with Crippen molar-refractivity contribution in [1.29, 1.82) is 0 Å². The lowest BCUT2D eigenvalue weighted by molar-refractivity contribution is 1.57. The molecule has 0 spiro atoms. The van der Waals surface area contributed by atoms with E-state index in [-0.39, 0.29) is 0 Å². The molecule has 0 aromatic heterocycles. The maximum atomic E-state index is 6.20. The minimum absolute atomic E-state index is 0.802. The summed E-state index contributed by atoms with van der Waals surface area (Å²) >= 11 is 0. The highest BCUT2D eigenvalue weighted by molar-refractivity contribution is 5.88. The zero-order valence-corrected chi connectivity index (χ0v) is 13.9. The number of nitrogen functional groups attached to an aromatic ring is 1. The molecule has 0 saturated carbocycles. The summed E-state index contributed by atoms with van der Waals surface area (Å²) in [5.74, 6) is 0. The van der Waals surface area contributed by atoms with E-state index in [0.29, 0.717) is 0 Å². The summed E-state index contributed by atoms with van der Waals surface area (Å²) in [6.07, 6.45) is 0. The molecule has 0 bridgehead atoms. The van der Waals surface area contributed by atoms with Crippen molar-refractivity contribution >= 4 is 5.69 Å². The Balaban J connectivity index is 1.78. The van der Waals surface area contributed by atoms with Crippen molar-refractivity contribution in [2.45, 2.75) is 0 Å². The van der Waals surface area contributed by atoms with Gasteiger partial charge in [-0.2, -0.15) is 0 Å². The fourth-order valence-corrected chi connectivity index (χ4v) is 3.18. The Morgan fingerprint density at radius 3 is 1.52 bits per heavy atom. The third-order valence-electron chi connectivity index (χ3n) is 4.48. The highest BCUT2D eigenvalue weighted by Crippen LogP contribution is 2.35. The molecule has 0 radical (unpaired) electrons. The lowest BCUT2D eigenvalue weighted by Gasteiger charge is -2.12. The largest absolute Gasteiger partial charge is 0.398 e. The molecule has 1 nitrogen and oxygen atoms in total. The summed E-state index contributed by atoms with van der Waals surface area (Å²) in [7, 11) is 0. The second-order valence-corrected chi connectivity index (χ2v) is 6.08. The van der Waals surface area contributed by atoms with Gasteiger partial charge in [-0.3, -0.25) is 0 Å². The third kappa shape index (κ3) is 3.05. The molecule has 4 aromatic rings. The van der Waals surface area contributed by atoms with E-state index in [1.165, 1.54) is 22.3 Å². The highest BCUT2D eigenvalue weighted by Gasteiger charge is 2.09. The van der Waals surface area contributed by atoms with Crippen molar-refractivity contribution in [2.75, 3.05) is 5.73 Å². The van der Waals surface area contributed by atoms with Gasteiger partial charge in [0.05, 0.1) is 0 Å².